The normalized spacial score (nSPS) is 10.1. The maximum Gasteiger partial charge on any atom is 0.243 e. The van der Waals surface area contributed by atoms with Gasteiger partial charge in [-0.2, -0.15) is 0 Å². The molecule has 0 radical (unpaired) electrons. The summed E-state index contributed by atoms with van der Waals surface area (Å²) >= 11 is 0. The van der Waals surface area contributed by atoms with Crippen molar-refractivity contribution in [3.8, 4) is 17.2 Å². The Hall–Kier alpha value is -3.47. The van der Waals surface area contributed by atoms with Crippen LogP contribution in [0.1, 0.15) is 6.92 Å². The van der Waals surface area contributed by atoms with Crippen LogP contribution >= 0.6 is 0 Å². The molecule has 0 spiro atoms. The van der Waals surface area contributed by atoms with Crippen LogP contribution in [-0.4, -0.2) is 19.1 Å². The molecular weight excluding hydrogens is 340 g/mol. The Morgan fingerprint density at radius 3 is 2.04 bits per heavy atom. The topological polar surface area (TPSA) is 59.6 Å². The van der Waals surface area contributed by atoms with E-state index in [4.69, 9.17) is 9.47 Å². The SMILES string of the molecule is CCOc1ccc(NCC(=O)Nc2ccc(Oc3ccccc3)cc2)cc1. The van der Waals surface area contributed by atoms with E-state index in [9.17, 15) is 4.79 Å². The van der Waals surface area contributed by atoms with E-state index in [0.717, 1.165) is 17.2 Å². The van der Waals surface area contributed by atoms with Crippen LogP contribution in [0.25, 0.3) is 0 Å². The second-order valence-electron chi connectivity index (χ2n) is 5.80. The lowest BCUT2D eigenvalue weighted by atomic mass is 10.3. The Morgan fingerprint density at radius 2 is 1.37 bits per heavy atom. The Morgan fingerprint density at radius 1 is 0.778 bits per heavy atom. The predicted octanol–water partition coefficient (Wildman–Crippen LogP) is 4.93. The molecule has 0 aromatic heterocycles. The van der Waals surface area contributed by atoms with Crippen molar-refractivity contribution in [3.63, 3.8) is 0 Å². The average molecular weight is 362 g/mol. The number of hydrogen-bond donors (Lipinski definition) is 2. The van der Waals surface area contributed by atoms with E-state index >= 15 is 0 Å². The van der Waals surface area contributed by atoms with E-state index in [1.54, 1.807) is 0 Å². The van der Waals surface area contributed by atoms with Crippen molar-refractivity contribution < 1.29 is 14.3 Å². The molecule has 5 nitrogen and oxygen atoms in total. The van der Waals surface area contributed by atoms with Gasteiger partial charge in [-0.25, -0.2) is 0 Å². The molecule has 138 valence electrons. The van der Waals surface area contributed by atoms with Crippen LogP contribution in [0.2, 0.25) is 0 Å². The number of carbonyl (C=O) groups is 1. The molecule has 3 aromatic rings. The number of benzene rings is 3. The maximum atomic E-state index is 12.1. The number of hydrogen-bond acceptors (Lipinski definition) is 4. The van der Waals surface area contributed by atoms with Crippen LogP contribution in [0.15, 0.2) is 78.9 Å². The highest BCUT2D eigenvalue weighted by atomic mass is 16.5. The molecule has 0 aliphatic carbocycles. The number of ether oxygens (including phenoxy) is 2. The second-order valence-corrected chi connectivity index (χ2v) is 5.80. The average Bonchev–Trinajstić information content (AvgIpc) is 2.70. The summed E-state index contributed by atoms with van der Waals surface area (Å²) in [5, 5.41) is 5.94. The minimum atomic E-state index is -0.124. The van der Waals surface area contributed by atoms with E-state index in [2.05, 4.69) is 10.6 Å². The van der Waals surface area contributed by atoms with Gasteiger partial charge in [-0.05, 0) is 67.6 Å². The van der Waals surface area contributed by atoms with Crippen LogP contribution < -0.4 is 20.1 Å². The molecule has 3 aromatic carbocycles. The molecule has 5 heteroatoms. The molecule has 0 aliphatic rings. The first kappa shape index (κ1) is 18.3. The van der Waals surface area contributed by atoms with Crippen molar-refractivity contribution in [3.05, 3.63) is 78.9 Å². The van der Waals surface area contributed by atoms with Gasteiger partial charge in [0.1, 0.15) is 17.2 Å². The van der Waals surface area contributed by atoms with Crippen molar-refractivity contribution in [2.45, 2.75) is 6.92 Å². The van der Waals surface area contributed by atoms with Crippen molar-refractivity contribution in [1.29, 1.82) is 0 Å². The first-order chi connectivity index (χ1) is 13.2. The summed E-state index contributed by atoms with van der Waals surface area (Å²) in [6, 6.07) is 24.3. The smallest absolute Gasteiger partial charge is 0.243 e. The zero-order valence-corrected chi connectivity index (χ0v) is 15.1. The van der Waals surface area contributed by atoms with Gasteiger partial charge in [-0.15, -0.1) is 0 Å². The molecular formula is C22H22N2O3. The third kappa shape index (κ3) is 5.78. The lowest BCUT2D eigenvalue weighted by molar-refractivity contribution is -0.114. The van der Waals surface area contributed by atoms with Gasteiger partial charge in [-0.3, -0.25) is 4.79 Å². The van der Waals surface area contributed by atoms with E-state index in [1.807, 2.05) is 85.8 Å². The van der Waals surface area contributed by atoms with Crippen LogP contribution in [0.4, 0.5) is 11.4 Å². The van der Waals surface area contributed by atoms with Gasteiger partial charge in [0.05, 0.1) is 13.2 Å². The first-order valence-corrected chi connectivity index (χ1v) is 8.82. The van der Waals surface area contributed by atoms with Crippen LogP contribution in [0, 0.1) is 0 Å². The molecule has 0 saturated heterocycles. The van der Waals surface area contributed by atoms with Crippen LogP contribution in [0.3, 0.4) is 0 Å². The molecule has 1 amide bonds. The minimum absolute atomic E-state index is 0.124. The molecule has 27 heavy (non-hydrogen) atoms. The fraction of sp³-hybridized carbons (Fsp3) is 0.136. The molecule has 0 atom stereocenters. The quantitative estimate of drug-likeness (QED) is 0.597. The summed E-state index contributed by atoms with van der Waals surface area (Å²) < 4.78 is 11.1. The van der Waals surface area contributed by atoms with E-state index in [1.165, 1.54) is 0 Å². The Bertz CT molecular complexity index is 847. The lowest BCUT2D eigenvalue weighted by Crippen LogP contribution is -2.21. The number of para-hydroxylation sites is 1. The van der Waals surface area contributed by atoms with Crippen molar-refractivity contribution in [1.82, 2.24) is 0 Å². The number of amides is 1. The summed E-state index contributed by atoms with van der Waals surface area (Å²) in [5.74, 6) is 2.17. The Labute approximate surface area is 158 Å². The van der Waals surface area contributed by atoms with Crippen molar-refractivity contribution in [2.24, 2.45) is 0 Å². The van der Waals surface area contributed by atoms with Gasteiger partial charge in [0.15, 0.2) is 0 Å². The fourth-order valence-electron chi connectivity index (χ4n) is 2.45. The number of anilines is 2. The number of carbonyl (C=O) groups excluding carboxylic acids is 1. The molecule has 0 bridgehead atoms. The van der Waals surface area contributed by atoms with Gasteiger partial charge < -0.3 is 20.1 Å². The standard InChI is InChI=1S/C22H22N2O3/c1-2-26-19-12-8-17(9-13-19)23-16-22(25)24-18-10-14-21(15-11-18)27-20-6-4-3-5-7-20/h3-15,23H,2,16H2,1H3,(H,24,25). The first-order valence-electron chi connectivity index (χ1n) is 8.82. The number of rotatable bonds is 8. The zero-order chi connectivity index (χ0) is 18.9. The highest BCUT2D eigenvalue weighted by molar-refractivity contribution is 5.93. The predicted molar refractivity (Wildman–Crippen MR) is 108 cm³/mol. The Balaban J connectivity index is 1.47. The second kappa shape index (κ2) is 9.29. The lowest BCUT2D eigenvalue weighted by Gasteiger charge is -2.10. The van der Waals surface area contributed by atoms with Gasteiger partial charge in [0, 0.05) is 11.4 Å². The fourth-order valence-corrected chi connectivity index (χ4v) is 2.45. The molecule has 3 rings (SSSR count). The van der Waals surface area contributed by atoms with Gasteiger partial charge in [-0.1, -0.05) is 18.2 Å². The molecule has 0 aliphatic heterocycles. The van der Waals surface area contributed by atoms with Gasteiger partial charge in [0.2, 0.25) is 5.91 Å². The molecule has 0 unspecified atom stereocenters. The maximum absolute atomic E-state index is 12.1. The monoisotopic (exact) mass is 362 g/mol. The summed E-state index contributed by atoms with van der Waals surface area (Å²) in [5.41, 5.74) is 1.58. The Kier molecular flexibility index (Phi) is 6.30. The summed E-state index contributed by atoms with van der Waals surface area (Å²) in [4.78, 5) is 12.1. The number of nitrogens with one attached hydrogen (secondary N) is 2. The van der Waals surface area contributed by atoms with Gasteiger partial charge >= 0.3 is 0 Å². The third-order valence-corrected chi connectivity index (χ3v) is 3.74. The van der Waals surface area contributed by atoms with Crippen LogP contribution in [0.5, 0.6) is 17.2 Å². The third-order valence-electron chi connectivity index (χ3n) is 3.74. The highest BCUT2D eigenvalue weighted by Gasteiger charge is 2.04. The summed E-state index contributed by atoms with van der Waals surface area (Å²) in [6.07, 6.45) is 0. The zero-order valence-electron chi connectivity index (χ0n) is 15.1. The highest BCUT2D eigenvalue weighted by Crippen LogP contribution is 2.22. The summed E-state index contributed by atoms with van der Waals surface area (Å²) in [7, 11) is 0. The summed E-state index contributed by atoms with van der Waals surface area (Å²) in [6.45, 7) is 2.75. The molecule has 2 N–H and O–H groups in total. The minimum Gasteiger partial charge on any atom is -0.494 e. The molecule has 0 saturated carbocycles. The molecule has 0 fully saturated rings. The largest absolute Gasteiger partial charge is 0.494 e. The van der Waals surface area contributed by atoms with Crippen molar-refractivity contribution in [2.75, 3.05) is 23.8 Å². The van der Waals surface area contributed by atoms with Gasteiger partial charge in [0.25, 0.3) is 0 Å². The van der Waals surface area contributed by atoms with E-state index in [0.29, 0.717) is 18.0 Å². The van der Waals surface area contributed by atoms with Crippen molar-refractivity contribution >= 4 is 17.3 Å². The van der Waals surface area contributed by atoms with Crippen LogP contribution in [-0.2, 0) is 4.79 Å². The molecule has 0 heterocycles. The van der Waals surface area contributed by atoms with E-state index < -0.39 is 0 Å². The van der Waals surface area contributed by atoms with E-state index in [-0.39, 0.29) is 12.5 Å².